The van der Waals surface area contributed by atoms with E-state index < -0.39 is 0 Å². The van der Waals surface area contributed by atoms with E-state index in [0.29, 0.717) is 5.92 Å². The Hall–Kier alpha value is -2.67. The second kappa shape index (κ2) is 8.35. The Kier molecular flexibility index (Phi) is 5.49. The monoisotopic (exact) mass is 348 g/mol. The molecule has 3 aromatic carbocycles. The molecule has 0 bridgehead atoms. The molecular weight excluding hydrogens is 323 g/mol. The zero-order valence-electron chi connectivity index (χ0n) is 15.8. The van der Waals surface area contributed by atoms with Crippen molar-refractivity contribution in [3.63, 3.8) is 0 Å². The predicted octanol–water partition coefficient (Wildman–Crippen LogP) is 5.59. The van der Waals surface area contributed by atoms with E-state index >= 15 is 0 Å². The average Bonchev–Trinajstić information content (AvgIpc) is 2.75. The van der Waals surface area contributed by atoms with Gasteiger partial charge in [-0.2, -0.15) is 0 Å². The van der Waals surface area contributed by atoms with Gasteiger partial charge in [0.15, 0.2) is 0 Å². The Morgan fingerprint density at radius 3 is 2.48 bits per heavy atom. The van der Waals surface area contributed by atoms with Gasteiger partial charge in [-0.05, 0) is 0 Å². The Labute approximate surface area is 163 Å². The quantitative estimate of drug-likeness (QED) is 0.509. The molecule has 0 amide bonds. The first-order chi connectivity index (χ1) is 13.3. The Balaban J connectivity index is 1.67. The maximum absolute atomic E-state index is 3.85. The summed E-state index contributed by atoms with van der Waals surface area (Å²) < 4.78 is 0. The number of hydrogen-bond acceptors (Lipinski definition) is 0. The van der Waals surface area contributed by atoms with Crippen molar-refractivity contribution >= 4 is 29.6 Å². The minimum absolute atomic E-state index is 0.437. The van der Waals surface area contributed by atoms with Gasteiger partial charge in [0.25, 0.3) is 0 Å². The van der Waals surface area contributed by atoms with Crippen LogP contribution in [0, 0.1) is 0 Å². The zero-order chi connectivity index (χ0) is 18.5. The molecule has 0 spiro atoms. The molecule has 132 valence electrons. The zero-order valence-corrected chi connectivity index (χ0v) is 15.8. The summed E-state index contributed by atoms with van der Waals surface area (Å²) in [7, 11) is 0. The van der Waals surface area contributed by atoms with Gasteiger partial charge in [0.1, 0.15) is 0 Å². The van der Waals surface area contributed by atoms with Crippen LogP contribution in [0.3, 0.4) is 0 Å². The van der Waals surface area contributed by atoms with Gasteiger partial charge in [0.2, 0.25) is 0 Å². The summed E-state index contributed by atoms with van der Waals surface area (Å²) in [6, 6.07) is 24.3. The van der Waals surface area contributed by atoms with Crippen molar-refractivity contribution in [3.8, 4) is 0 Å². The predicted molar refractivity (Wildman–Crippen MR) is 120 cm³/mol. The second-order valence-electron chi connectivity index (χ2n) is 7.29. The minimum atomic E-state index is 0.437. The SMILES string of the molecule is C=Bc1ccc(CCC(C2=CCCC=C2)c2cccc3ccccc23)cc1. The molecule has 0 radical (unpaired) electrons. The Morgan fingerprint density at radius 1 is 0.889 bits per heavy atom. The van der Waals surface area contributed by atoms with Crippen molar-refractivity contribution in [1.29, 1.82) is 0 Å². The summed E-state index contributed by atoms with van der Waals surface area (Å²) in [5.41, 5.74) is 5.50. The van der Waals surface area contributed by atoms with Crippen LogP contribution in [0.5, 0.6) is 0 Å². The first-order valence-corrected chi connectivity index (χ1v) is 9.91. The van der Waals surface area contributed by atoms with Gasteiger partial charge < -0.3 is 0 Å². The molecule has 1 heteroatoms. The molecule has 1 aliphatic carbocycles. The summed E-state index contributed by atoms with van der Waals surface area (Å²) in [5.74, 6) is 0.437. The van der Waals surface area contributed by atoms with Crippen LogP contribution in [0.25, 0.3) is 10.8 Å². The molecule has 4 rings (SSSR count). The summed E-state index contributed by atoms with van der Waals surface area (Å²) in [5, 5.41) is 2.71. The van der Waals surface area contributed by atoms with E-state index in [1.54, 1.807) is 0 Å². The van der Waals surface area contributed by atoms with Crippen molar-refractivity contribution in [1.82, 2.24) is 0 Å². The van der Waals surface area contributed by atoms with E-state index in [4.69, 9.17) is 0 Å². The molecule has 0 aliphatic heterocycles. The second-order valence-corrected chi connectivity index (χ2v) is 7.29. The van der Waals surface area contributed by atoms with Crippen LogP contribution in [0.15, 0.2) is 90.5 Å². The third kappa shape index (κ3) is 4.03. The van der Waals surface area contributed by atoms with Crippen LogP contribution < -0.4 is 5.46 Å². The topological polar surface area (TPSA) is 0 Å². The molecule has 0 nitrogen and oxygen atoms in total. The van der Waals surface area contributed by atoms with Crippen molar-refractivity contribution in [3.05, 3.63) is 102 Å². The van der Waals surface area contributed by atoms with Crippen molar-refractivity contribution in [2.24, 2.45) is 0 Å². The summed E-state index contributed by atoms with van der Waals surface area (Å²) in [4.78, 5) is 0. The molecule has 1 atom stereocenters. The van der Waals surface area contributed by atoms with E-state index in [2.05, 4.69) is 91.4 Å². The maximum atomic E-state index is 3.85. The number of hydrogen-bond donors (Lipinski definition) is 0. The molecule has 1 aliphatic rings. The summed E-state index contributed by atoms with van der Waals surface area (Å²) in [6.45, 7) is 5.75. The van der Waals surface area contributed by atoms with Crippen LogP contribution in [0.1, 0.15) is 36.3 Å². The molecule has 0 N–H and O–H groups in total. The van der Waals surface area contributed by atoms with Gasteiger partial charge in [-0.1, -0.05) is 0 Å². The molecular formula is C26H25B. The third-order valence-electron chi connectivity index (χ3n) is 5.56. The number of fused-ring (bicyclic) bond motifs is 1. The van der Waals surface area contributed by atoms with Crippen LogP contribution in [-0.2, 0) is 6.42 Å². The number of rotatable bonds is 6. The van der Waals surface area contributed by atoms with Gasteiger partial charge in [0.05, 0.1) is 0 Å². The molecule has 0 heterocycles. The molecule has 27 heavy (non-hydrogen) atoms. The fourth-order valence-corrected chi connectivity index (χ4v) is 4.08. The van der Waals surface area contributed by atoms with E-state index in [1.165, 1.54) is 32.9 Å². The standard InChI is InChI=1S/C26H25B/c1-27-23-17-14-20(15-18-23)16-19-25(21-8-3-2-4-9-21)26-13-7-11-22-10-5-6-12-24(22)26/h3,5-15,17-18,25H,1-2,4,16,19H2. The van der Waals surface area contributed by atoms with Crippen LogP contribution in [0.4, 0.5) is 0 Å². The molecule has 0 saturated heterocycles. The number of benzene rings is 3. The van der Waals surface area contributed by atoms with E-state index in [1.807, 2.05) is 6.92 Å². The molecule has 0 fully saturated rings. The first-order valence-electron chi connectivity index (χ1n) is 9.91. The van der Waals surface area contributed by atoms with E-state index in [-0.39, 0.29) is 0 Å². The summed E-state index contributed by atoms with van der Waals surface area (Å²) in [6.07, 6.45) is 11.6. The fraction of sp³-hybridized carbons (Fsp3) is 0.192. The van der Waals surface area contributed by atoms with Gasteiger partial charge in [-0.15, -0.1) is 0 Å². The van der Waals surface area contributed by atoms with Crippen molar-refractivity contribution in [2.75, 3.05) is 0 Å². The first kappa shape index (κ1) is 17.7. The van der Waals surface area contributed by atoms with Crippen molar-refractivity contribution < 1.29 is 0 Å². The number of allylic oxidation sites excluding steroid dienone is 4. The third-order valence-corrected chi connectivity index (χ3v) is 5.56. The molecule has 0 aromatic heterocycles. The van der Waals surface area contributed by atoms with Crippen LogP contribution in [-0.4, -0.2) is 13.4 Å². The molecule has 3 aromatic rings. The Morgan fingerprint density at radius 2 is 1.70 bits per heavy atom. The fourth-order valence-electron chi connectivity index (χ4n) is 4.08. The van der Waals surface area contributed by atoms with Gasteiger partial charge in [-0.3, -0.25) is 0 Å². The van der Waals surface area contributed by atoms with Crippen molar-refractivity contribution in [2.45, 2.75) is 31.6 Å². The van der Waals surface area contributed by atoms with Gasteiger partial charge >= 0.3 is 163 Å². The Bertz CT molecular complexity index is 987. The number of aryl methyl sites for hydroxylation is 1. The molecule has 0 saturated carbocycles. The van der Waals surface area contributed by atoms with Crippen LogP contribution >= 0.6 is 0 Å². The van der Waals surface area contributed by atoms with E-state index in [0.717, 1.165) is 25.7 Å². The van der Waals surface area contributed by atoms with E-state index in [9.17, 15) is 0 Å². The average molecular weight is 348 g/mol. The normalized spacial score (nSPS) is 14.6. The molecule has 1 unspecified atom stereocenters. The van der Waals surface area contributed by atoms with Gasteiger partial charge in [-0.25, -0.2) is 0 Å². The summed E-state index contributed by atoms with van der Waals surface area (Å²) >= 11 is 0. The van der Waals surface area contributed by atoms with Crippen LogP contribution in [0.2, 0.25) is 0 Å². The van der Waals surface area contributed by atoms with Gasteiger partial charge in [0, 0.05) is 0 Å².